The molecule has 0 aromatic heterocycles. The zero-order valence-corrected chi connectivity index (χ0v) is 14.8. The largest absolute Gasteiger partial charge is 0.338 e. The zero-order valence-electron chi connectivity index (χ0n) is 13.2. The van der Waals surface area contributed by atoms with E-state index >= 15 is 0 Å². The number of carbonyl (C=O) groups excluding carboxylic acids is 2. The molecule has 0 spiro atoms. The monoisotopic (exact) mass is 340 g/mol. The molecule has 0 saturated heterocycles. The van der Waals surface area contributed by atoms with Gasteiger partial charge < -0.3 is 10.2 Å². The summed E-state index contributed by atoms with van der Waals surface area (Å²) in [6, 6.07) is 5.64. The minimum absolute atomic E-state index is 0.00932. The van der Waals surface area contributed by atoms with E-state index in [1.807, 2.05) is 38.7 Å². The first kappa shape index (κ1) is 17.2. The molecular weight excluding hydrogens is 320 g/mol. The number of amides is 2. The van der Waals surface area contributed by atoms with E-state index in [4.69, 9.17) is 11.6 Å². The molecule has 6 heteroatoms. The lowest BCUT2D eigenvalue weighted by atomic mass is 10.1. The summed E-state index contributed by atoms with van der Waals surface area (Å²) in [4.78, 5) is 27.5. The average molecular weight is 341 g/mol. The van der Waals surface area contributed by atoms with Crippen molar-refractivity contribution in [3.63, 3.8) is 0 Å². The third-order valence-corrected chi connectivity index (χ3v) is 5.03. The fraction of sp³-hybridized carbons (Fsp3) is 0.500. The van der Waals surface area contributed by atoms with Crippen LogP contribution in [0, 0.1) is 0 Å². The maximum absolute atomic E-state index is 12.5. The van der Waals surface area contributed by atoms with Gasteiger partial charge in [0.1, 0.15) is 0 Å². The minimum atomic E-state index is -0.402. The summed E-state index contributed by atoms with van der Waals surface area (Å²) < 4.78 is 0. The Morgan fingerprint density at radius 3 is 2.55 bits per heavy atom. The van der Waals surface area contributed by atoms with Crippen LogP contribution in [-0.2, 0) is 9.59 Å². The van der Waals surface area contributed by atoms with Crippen LogP contribution in [0.15, 0.2) is 23.1 Å². The Hall–Kier alpha value is -1.20. The van der Waals surface area contributed by atoms with Crippen LogP contribution < -0.4 is 5.32 Å². The predicted octanol–water partition coefficient (Wildman–Crippen LogP) is 3.79. The minimum Gasteiger partial charge on any atom is -0.338 e. The molecule has 120 valence electrons. The van der Waals surface area contributed by atoms with Gasteiger partial charge in [-0.3, -0.25) is 9.59 Å². The highest BCUT2D eigenvalue weighted by Crippen LogP contribution is 2.38. The molecular formula is C16H21ClN2O2S. The highest BCUT2D eigenvalue weighted by Gasteiger charge is 2.31. The SMILES string of the molecule is CC(C)N(C(=O)C[C@@H]1Sc2ccc(Cl)cc2NC1=O)C(C)C. The van der Waals surface area contributed by atoms with Crippen LogP contribution >= 0.6 is 23.4 Å². The van der Waals surface area contributed by atoms with Crippen LogP contribution in [0.25, 0.3) is 0 Å². The van der Waals surface area contributed by atoms with Crippen LogP contribution in [0.1, 0.15) is 34.1 Å². The molecule has 4 nitrogen and oxygen atoms in total. The standard InChI is InChI=1S/C16H21ClN2O2S/c1-9(2)19(10(3)4)15(20)8-14-16(21)18-12-7-11(17)5-6-13(12)22-14/h5-7,9-10,14H,8H2,1-4H3,(H,18,21)/t14-/m0/s1. The van der Waals surface area contributed by atoms with E-state index in [2.05, 4.69) is 5.32 Å². The van der Waals surface area contributed by atoms with Crippen LogP contribution in [0.5, 0.6) is 0 Å². The summed E-state index contributed by atoms with van der Waals surface area (Å²) in [6.45, 7) is 7.96. The number of hydrogen-bond acceptors (Lipinski definition) is 3. The number of fused-ring (bicyclic) bond motifs is 1. The molecule has 22 heavy (non-hydrogen) atoms. The maximum Gasteiger partial charge on any atom is 0.238 e. The number of nitrogens with one attached hydrogen (secondary N) is 1. The lowest BCUT2D eigenvalue weighted by Crippen LogP contribution is -2.44. The molecule has 1 aromatic rings. The molecule has 1 aliphatic rings. The Balaban J connectivity index is 2.12. The van der Waals surface area contributed by atoms with E-state index < -0.39 is 5.25 Å². The van der Waals surface area contributed by atoms with Crippen LogP contribution in [0.4, 0.5) is 5.69 Å². The normalized spacial score (nSPS) is 17.4. The van der Waals surface area contributed by atoms with Gasteiger partial charge in [0.25, 0.3) is 0 Å². The van der Waals surface area contributed by atoms with Gasteiger partial charge in [-0.1, -0.05) is 11.6 Å². The Morgan fingerprint density at radius 2 is 1.95 bits per heavy atom. The zero-order chi connectivity index (χ0) is 16.4. The number of hydrogen-bond donors (Lipinski definition) is 1. The summed E-state index contributed by atoms with van der Waals surface area (Å²) in [5.41, 5.74) is 0.718. The van der Waals surface area contributed by atoms with Crippen molar-refractivity contribution in [2.75, 3.05) is 5.32 Å². The van der Waals surface area contributed by atoms with Gasteiger partial charge in [-0.2, -0.15) is 0 Å². The van der Waals surface area contributed by atoms with Crippen LogP contribution in [0.3, 0.4) is 0 Å². The predicted molar refractivity (Wildman–Crippen MR) is 91.5 cm³/mol. The summed E-state index contributed by atoms with van der Waals surface area (Å²) in [6.07, 6.45) is 0.203. The third kappa shape index (κ3) is 3.76. The van der Waals surface area contributed by atoms with E-state index in [0.717, 1.165) is 10.6 Å². The first-order valence-electron chi connectivity index (χ1n) is 7.37. The van der Waals surface area contributed by atoms with Crippen molar-refractivity contribution in [2.45, 2.75) is 56.3 Å². The topological polar surface area (TPSA) is 49.4 Å². The molecule has 0 aliphatic carbocycles. The Morgan fingerprint density at radius 1 is 1.32 bits per heavy atom. The van der Waals surface area contributed by atoms with Gasteiger partial charge in [-0.05, 0) is 45.9 Å². The highest BCUT2D eigenvalue weighted by atomic mass is 35.5. The van der Waals surface area contributed by atoms with Gasteiger partial charge in [0.15, 0.2) is 0 Å². The summed E-state index contributed by atoms with van der Waals surface area (Å²) in [5, 5.41) is 3.02. The summed E-state index contributed by atoms with van der Waals surface area (Å²) in [5.74, 6) is -0.129. The van der Waals surface area contributed by atoms with Crippen molar-refractivity contribution in [1.29, 1.82) is 0 Å². The van der Waals surface area contributed by atoms with Gasteiger partial charge in [0.05, 0.1) is 10.9 Å². The van der Waals surface area contributed by atoms with Crippen molar-refractivity contribution in [1.82, 2.24) is 4.90 Å². The molecule has 2 amide bonds. The fourth-order valence-corrected chi connectivity index (χ4v) is 3.95. The van der Waals surface area contributed by atoms with Gasteiger partial charge in [0.2, 0.25) is 11.8 Å². The van der Waals surface area contributed by atoms with Crippen molar-refractivity contribution >= 4 is 40.9 Å². The second-order valence-electron chi connectivity index (χ2n) is 5.93. The fourth-order valence-electron chi connectivity index (χ4n) is 2.69. The van der Waals surface area contributed by atoms with Gasteiger partial charge in [-0.15, -0.1) is 11.8 Å². The Labute approximate surface area is 140 Å². The molecule has 0 unspecified atom stereocenters. The number of nitrogens with zero attached hydrogens (tertiary/aromatic N) is 1. The smallest absolute Gasteiger partial charge is 0.238 e. The van der Waals surface area contributed by atoms with Crippen LogP contribution in [0.2, 0.25) is 5.02 Å². The molecule has 0 saturated carbocycles. The lowest BCUT2D eigenvalue weighted by Gasteiger charge is -2.32. The second-order valence-corrected chi connectivity index (χ2v) is 7.61. The van der Waals surface area contributed by atoms with Crippen molar-refractivity contribution in [2.24, 2.45) is 0 Å². The van der Waals surface area contributed by atoms with Crippen LogP contribution in [-0.4, -0.2) is 34.0 Å². The van der Waals surface area contributed by atoms with Gasteiger partial charge >= 0.3 is 0 Å². The van der Waals surface area contributed by atoms with E-state index in [1.54, 1.807) is 12.1 Å². The van der Waals surface area contributed by atoms with Gasteiger partial charge in [0, 0.05) is 28.4 Å². The molecule has 1 N–H and O–H groups in total. The summed E-state index contributed by atoms with van der Waals surface area (Å²) in [7, 11) is 0. The third-order valence-electron chi connectivity index (χ3n) is 3.52. The van der Waals surface area contributed by atoms with Crippen molar-refractivity contribution < 1.29 is 9.59 Å². The molecule has 0 bridgehead atoms. The Bertz CT molecular complexity index is 582. The molecule has 1 aliphatic heterocycles. The van der Waals surface area contributed by atoms with Crippen molar-refractivity contribution in [3.05, 3.63) is 23.2 Å². The number of rotatable bonds is 4. The quantitative estimate of drug-likeness (QED) is 0.907. The first-order valence-corrected chi connectivity index (χ1v) is 8.63. The maximum atomic E-state index is 12.5. The summed E-state index contributed by atoms with van der Waals surface area (Å²) >= 11 is 7.36. The average Bonchev–Trinajstić information content (AvgIpc) is 2.38. The number of halogens is 1. The molecule has 1 aromatic carbocycles. The number of benzene rings is 1. The molecule has 1 atom stereocenters. The molecule has 2 rings (SSSR count). The van der Waals surface area contributed by atoms with Gasteiger partial charge in [-0.25, -0.2) is 0 Å². The second kappa shape index (κ2) is 6.92. The van der Waals surface area contributed by atoms with E-state index in [-0.39, 0.29) is 30.3 Å². The van der Waals surface area contributed by atoms with Crippen molar-refractivity contribution in [3.8, 4) is 0 Å². The Kier molecular flexibility index (Phi) is 5.40. The first-order chi connectivity index (χ1) is 10.3. The molecule has 1 heterocycles. The molecule has 0 fully saturated rings. The number of thioether (sulfide) groups is 1. The number of carbonyl (C=O) groups is 2. The van der Waals surface area contributed by atoms with E-state index in [9.17, 15) is 9.59 Å². The lowest BCUT2D eigenvalue weighted by molar-refractivity contribution is -0.136. The highest BCUT2D eigenvalue weighted by molar-refractivity contribution is 8.01. The van der Waals surface area contributed by atoms with E-state index in [1.165, 1.54) is 11.8 Å². The van der Waals surface area contributed by atoms with E-state index in [0.29, 0.717) is 5.02 Å². The number of anilines is 1. The molecule has 0 radical (unpaired) electrons.